The van der Waals surface area contributed by atoms with Gasteiger partial charge in [-0.2, -0.15) is 0 Å². The molecule has 0 aromatic heterocycles. The number of carbonyl (C=O) groups excluding carboxylic acids is 1. The Hall–Kier alpha value is -0.870. The molecular weight excluding hydrogens is 386 g/mol. The van der Waals surface area contributed by atoms with Crippen molar-refractivity contribution in [1.82, 2.24) is 5.06 Å². The summed E-state index contributed by atoms with van der Waals surface area (Å²) in [7, 11) is 1.74. The van der Waals surface area contributed by atoms with Crippen LogP contribution in [0.3, 0.4) is 0 Å². The molecule has 176 valence electrons. The van der Waals surface area contributed by atoms with E-state index in [1.165, 1.54) is 43.6 Å². The van der Waals surface area contributed by atoms with Crippen LogP contribution in [-0.4, -0.2) is 35.8 Å². The number of nitrogens with zero attached hydrogens (tertiary/aromatic N) is 1. The fourth-order valence-corrected chi connectivity index (χ4v) is 8.59. The second-order valence-electron chi connectivity index (χ2n) is 11.7. The van der Waals surface area contributed by atoms with Gasteiger partial charge in [-0.25, -0.2) is 5.06 Å². The number of hydrogen-bond acceptors (Lipinski definition) is 3. The summed E-state index contributed by atoms with van der Waals surface area (Å²) in [6.07, 6.45) is 13.6. The van der Waals surface area contributed by atoms with Crippen LogP contribution in [0.2, 0.25) is 0 Å². The minimum atomic E-state index is -0.120. The highest BCUT2D eigenvalue weighted by Gasteiger charge is 2.59. The highest BCUT2D eigenvalue weighted by molar-refractivity contribution is 5.74. The van der Waals surface area contributed by atoms with Crippen molar-refractivity contribution < 1.29 is 14.7 Å². The summed E-state index contributed by atoms with van der Waals surface area (Å²) in [5, 5.41) is 11.6. The van der Waals surface area contributed by atoms with E-state index in [9.17, 15) is 9.90 Å². The fourth-order valence-electron chi connectivity index (χ4n) is 8.59. The molecular formula is C27H45NO3. The van der Waals surface area contributed by atoms with Crippen LogP contribution in [0.15, 0.2) is 11.6 Å². The molecule has 4 aliphatic carbocycles. The molecule has 3 saturated carbocycles. The fraction of sp³-hybridized carbons (Fsp3) is 0.889. The zero-order valence-corrected chi connectivity index (χ0v) is 20.5. The molecule has 4 rings (SSSR count). The molecule has 4 aliphatic rings. The van der Waals surface area contributed by atoms with Crippen LogP contribution >= 0.6 is 0 Å². The van der Waals surface area contributed by atoms with Crippen molar-refractivity contribution >= 4 is 5.91 Å². The topological polar surface area (TPSA) is 49.8 Å². The van der Waals surface area contributed by atoms with Crippen LogP contribution in [0.4, 0.5) is 0 Å². The summed E-state index contributed by atoms with van der Waals surface area (Å²) in [6, 6.07) is 0. The Balaban J connectivity index is 1.44. The van der Waals surface area contributed by atoms with Gasteiger partial charge < -0.3 is 5.11 Å². The van der Waals surface area contributed by atoms with Gasteiger partial charge in [-0.05, 0) is 105 Å². The largest absolute Gasteiger partial charge is 0.393 e. The van der Waals surface area contributed by atoms with Gasteiger partial charge in [-0.1, -0.05) is 32.4 Å². The van der Waals surface area contributed by atoms with Crippen molar-refractivity contribution in [3.8, 4) is 0 Å². The van der Waals surface area contributed by atoms with E-state index >= 15 is 0 Å². The normalized spacial score (nSPS) is 42.8. The van der Waals surface area contributed by atoms with Crippen molar-refractivity contribution in [1.29, 1.82) is 0 Å². The van der Waals surface area contributed by atoms with Crippen LogP contribution < -0.4 is 0 Å². The van der Waals surface area contributed by atoms with E-state index in [0.29, 0.717) is 29.8 Å². The van der Waals surface area contributed by atoms with E-state index in [1.807, 2.05) is 6.92 Å². The van der Waals surface area contributed by atoms with Crippen LogP contribution in [0.5, 0.6) is 0 Å². The lowest BCUT2D eigenvalue weighted by Gasteiger charge is -2.58. The molecule has 3 fully saturated rings. The standard InChI is InChI=1S/C27H45NO3/c1-6-31-28(5)25(30)12-7-18(2)22-10-11-23-21-9-8-19-17-20(29)13-15-26(19,3)24(21)14-16-27(22,23)4/h8,18,20-24,29H,6-7,9-17H2,1-5H3/t18-,20+,21+,22-,23+,24+,26+,27-/m1/s1. The molecule has 31 heavy (non-hydrogen) atoms. The maximum atomic E-state index is 12.4. The highest BCUT2D eigenvalue weighted by Crippen LogP contribution is 2.67. The molecule has 0 bridgehead atoms. The maximum Gasteiger partial charge on any atom is 0.245 e. The molecule has 0 saturated heterocycles. The van der Waals surface area contributed by atoms with E-state index in [4.69, 9.17) is 4.84 Å². The Morgan fingerprint density at radius 3 is 2.74 bits per heavy atom. The Bertz CT molecular complexity index is 705. The third-order valence-electron chi connectivity index (χ3n) is 10.3. The molecule has 0 spiro atoms. The van der Waals surface area contributed by atoms with Gasteiger partial charge in [-0.15, -0.1) is 0 Å². The van der Waals surface area contributed by atoms with Gasteiger partial charge >= 0.3 is 0 Å². The summed E-state index contributed by atoms with van der Waals surface area (Å²) in [6.45, 7) is 9.95. The summed E-state index contributed by atoms with van der Waals surface area (Å²) in [4.78, 5) is 17.7. The van der Waals surface area contributed by atoms with Crippen molar-refractivity contribution in [3.63, 3.8) is 0 Å². The minimum absolute atomic E-state index is 0.106. The third-order valence-corrected chi connectivity index (χ3v) is 10.3. The molecule has 0 radical (unpaired) electrons. The van der Waals surface area contributed by atoms with Crippen molar-refractivity contribution in [2.75, 3.05) is 13.7 Å². The number of hydrogen-bond donors (Lipinski definition) is 1. The van der Waals surface area contributed by atoms with Crippen molar-refractivity contribution in [3.05, 3.63) is 11.6 Å². The molecule has 0 aliphatic heterocycles. The van der Waals surface area contributed by atoms with E-state index in [0.717, 1.165) is 42.9 Å². The smallest absolute Gasteiger partial charge is 0.245 e. The number of aliphatic hydroxyl groups excluding tert-OH is 1. The average molecular weight is 432 g/mol. The molecule has 4 nitrogen and oxygen atoms in total. The molecule has 0 unspecified atom stereocenters. The Morgan fingerprint density at radius 2 is 2.00 bits per heavy atom. The molecule has 1 amide bonds. The molecule has 0 aromatic carbocycles. The summed E-state index contributed by atoms with van der Waals surface area (Å²) >= 11 is 0. The zero-order chi connectivity index (χ0) is 22.4. The highest BCUT2D eigenvalue weighted by atomic mass is 16.7. The number of aliphatic hydroxyl groups is 1. The van der Waals surface area contributed by atoms with Gasteiger partial charge in [0.25, 0.3) is 0 Å². The third kappa shape index (κ3) is 4.01. The number of fused-ring (bicyclic) bond motifs is 5. The number of carbonyl (C=O) groups is 1. The van der Waals surface area contributed by atoms with Crippen molar-refractivity contribution in [2.45, 2.75) is 98.0 Å². The predicted molar refractivity (Wildman–Crippen MR) is 124 cm³/mol. The van der Waals surface area contributed by atoms with Gasteiger partial charge in [0.1, 0.15) is 0 Å². The number of amides is 1. The van der Waals surface area contributed by atoms with Gasteiger partial charge in [0.15, 0.2) is 0 Å². The second kappa shape index (κ2) is 8.82. The Morgan fingerprint density at radius 1 is 1.23 bits per heavy atom. The van der Waals surface area contributed by atoms with Crippen molar-refractivity contribution in [2.24, 2.45) is 40.4 Å². The van der Waals surface area contributed by atoms with Crippen LogP contribution in [0.25, 0.3) is 0 Å². The van der Waals surface area contributed by atoms with Gasteiger partial charge in [0.05, 0.1) is 12.7 Å². The first-order valence-corrected chi connectivity index (χ1v) is 13.0. The summed E-state index contributed by atoms with van der Waals surface area (Å²) < 4.78 is 0. The lowest BCUT2D eigenvalue weighted by molar-refractivity contribution is -0.177. The van der Waals surface area contributed by atoms with Crippen LogP contribution in [0.1, 0.15) is 91.9 Å². The molecule has 0 heterocycles. The van der Waals surface area contributed by atoms with E-state index in [-0.39, 0.29) is 12.0 Å². The predicted octanol–water partition coefficient (Wildman–Crippen LogP) is 5.75. The van der Waals surface area contributed by atoms with Crippen LogP contribution in [0, 0.1) is 40.4 Å². The molecule has 0 aromatic rings. The second-order valence-corrected chi connectivity index (χ2v) is 11.7. The van der Waals surface area contributed by atoms with E-state index in [2.05, 4.69) is 26.8 Å². The quantitative estimate of drug-likeness (QED) is 0.430. The summed E-state index contributed by atoms with van der Waals surface area (Å²) in [5.41, 5.74) is 2.31. The first kappa shape index (κ1) is 23.3. The lowest BCUT2D eigenvalue weighted by Crippen LogP contribution is -2.50. The Kier molecular flexibility index (Phi) is 6.63. The lowest BCUT2D eigenvalue weighted by atomic mass is 9.47. The Labute approximate surface area is 189 Å². The minimum Gasteiger partial charge on any atom is -0.393 e. The summed E-state index contributed by atoms with van der Waals surface area (Å²) in [5.74, 6) is 3.85. The van der Waals surface area contributed by atoms with E-state index in [1.54, 1.807) is 12.6 Å². The van der Waals surface area contributed by atoms with Gasteiger partial charge in [-0.3, -0.25) is 9.63 Å². The van der Waals surface area contributed by atoms with E-state index < -0.39 is 0 Å². The van der Waals surface area contributed by atoms with Crippen LogP contribution in [-0.2, 0) is 9.63 Å². The maximum absolute atomic E-state index is 12.4. The SMILES string of the molecule is CCON(C)C(=O)CC[C@@H](C)[C@H]1CC[C@H]2[C@@H]3CC=C4C[C@@H](O)CC[C@]4(C)[C@H]3CC[C@]12C. The zero-order valence-electron chi connectivity index (χ0n) is 20.5. The number of allylic oxidation sites excluding steroid dienone is 1. The average Bonchev–Trinajstić information content (AvgIpc) is 3.09. The van der Waals surface area contributed by atoms with Gasteiger partial charge in [0.2, 0.25) is 5.91 Å². The first-order chi connectivity index (χ1) is 14.7. The molecule has 1 N–H and O–H groups in total. The van der Waals surface area contributed by atoms with Gasteiger partial charge in [0, 0.05) is 13.5 Å². The molecule has 4 heteroatoms. The molecule has 8 atom stereocenters. The first-order valence-electron chi connectivity index (χ1n) is 13.0. The number of rotatable bonds is 6. The monoisotopic (exact) mass is 431 g/mol. The number of hydroxylamine groups is 2.